The van der Waals surface area contributed by atoms with Crippen molar-refractivity contribution < 1.29 is 9.47 Å². The third kappa shape index (κ3) is 4.13. The van der Waals surface area contributed by atoms with E-state index in [0.29, 0.717) is 5.92 Å². The Morgan fingerprint density at radius 2 is 1.84 bits per heavy atom. The van der Waals surface area contributed by atoms with Gasteiger partial charge in [-0.2, -0.15) is 0 Å². The normalized spacial score (nSPS) is 16.8. The zero-order chi connectivity index (χ0) is 13.9. The largest absolute Gasteiger partial charge is 0.490 e. The molecule has 1 aliphatic heterocycles. The van der Waals surface area contributed by atoms with E-state index >= 15 is 0 Å². The van der Waals surface area contributed by atoms with Gasteiger partial charge in [-0.25, -0.2) is 0 Å². The second kappa shape index (κ2) is 5.83. The maximum atomic E-state index is 5.74. The third-order valence-corrected chi connectivity index (χ3v) is 3.28. The summed E-state index contributed by atoms with van der Waals surface area (Å²) in [4.78, 5) is 0. The fourth-order valence-electron chi connectivity index (χ4n) is 2.06. The summed E-state index contributed by atoms with van der Waals surface area (Å²) in [5.41, 5.74) is 1.44. The van der Waals surface area contributed by atoms with Gasteiger partial charge >= 0.3 is 0 Å². The van der Waals surface area contributed by atoms with E-state index in [0.717, 1.165) is 37.7 Å². The lowest BCUT2D eigenvalue weighted by Crippen LogP contribution is -2.38. The lowest BCUT2D eigenvalue weighted by molar-refractivity contribution is 0.297. The molecule has 0 bridgehead atoms. The van der Waals surface area contributed by atoms with E-state index < -0.39 is 0 Å². The van der Waals surface area contributed by atoms with E-state index in [1.54, 1.807) is 0 Å². The van der Waals surface area contributed by atoms with Crippen LogP contribution in [0.2, 0.25) is 0 Å². The zero-order valence-corrected chi connectivity index (χ0v) is 12.5. The van der Waals surface area contributed by atoms with Gasteiger partial charge in [-0.15, -0.1) is 0 Å². The smallest absolute Gasteiger partial charge is 0.161 e. The number of hydrogen-bond acceptors (Lipinski definition) is 3. The van der Waals surface area contributed by atoms with Crippen LogP contribution < -0.4 is 14.8 Å². The molecule has 0 aliphatic carbocycles. The molecule has 1 heterocycles. The molecule has 0 radical (unpaired) electrons. The lowest BCUT2D eigenvalue weighted by Gasteiger charge is -2.24. The molecule has 0 aromatic heterocycles. The van der Waals surface area contributed by atoms with Gasteiger partial charge in [-0.3, -0.25) is 0 Å². The molecule has 1 aromatic rings. The van der Waals surface area contributed by atoms with Crippen LogP contribution in [0.25, 0.3) is 0 Å². The Labute approximate surface area is 116 Å². The molecule has 0 saturated carbocycles. The topological polar surface area (TPSA) is 30.5 Å². The van der Waals surface area contributed by atoms with E-state index in [-0.39, 0.29) is 5.54 Å². The molecule has 3 nitrogen and oxygen atoms in total. The molecule has 1 atom stereocenters. The summed E-state index contributed by atoms with van der Waals surface area (Å²) in [6, 6.07) is 6.29. The van der Waals surface area contributed by atoms with E-state index in [4.69, 9.17) is 9.47 Å². The maximum absolute atomic E-state index is 5.74. The minimum atomic E-state index is 0.152. The van der Waals surface area contributed by atoms with E-state index in [1.807, 2.05) is 6.07 Å². The molecule has 0 fully saturated rings. The minimum absolute atomic E-state index is 0.152. The monoisotopic (exact) mass is 263 g/mol. The molecule has 1 aromatic carbocycles. The van der Waals surface area contributed by atoms with Gasteiger partial charge in [0.1, 0.15) is 0 Å². The second-order valence-corrected chi connectivity index (χ2v) is 6.29. The van der Waals surface area contributed by atoms with Crippen molar-refractivity contribution in [1.82, 2.24) is 5.32 Å². The highest BCUT2D eigenvalue weighted by Gasteiger charge is 2.15. The molecule has 0 spiro atoms. The Kier molecular flexibility index (Phi) is 4.35. The molecular formula is C16H25NO2. The number of rotatable bonds is 3. The van der Waals surface area contributed by atoms with Gasteiger partial charge < -0.3 is 14.8 Å². The highest BCUT2D eigenvalue weighted by atomic mass is 16.5. The first-order chi connectivity index (χ1) is 8.96. The van der Waals surface area contributed by atoms with Gasteiger partial charge in [0.2, 0.25) is 0 Å². The second-order valence-electron chi connectivity index (χ2n) is 6.29. The van der Waals surface area contributed by atoms with Gasteiger partial charge in [-0.1, -0.05) is 13.0 Å². The van der Waals surface area contributed by atoms with Crippen molar-refractivity contribution in [3.8, 4) is 11.5 Å². The first-order valence-corrected chi connectivity index (χ1v) is 7.10. The van der Waals surface area contributed by atoms with Crippen LogP contribution in [0.1, 0.15) is 45.6 Å². The Balaban J connectivity index is 2.06. The van der Waals surface area contributed by atoms with Crippen LogP contribution in [0, 0.1) is 0 Å². The van der Waals surface area contributed by atoms with E-state index in [2.05, 4.69) is 45.1 Å². The number of ether oxygens (including phenoxy) is 2. The lowest BCUT2D eigenvalue weighted by atomic mass is 9.99. The molecule has 1 N–H and O–H groups in total. The summed E-state index contributed by atoms with van der Waals surface area (Å²) in [6.45, 7) is 11.2. The Morgan fingerprint density at radius 1 is 1.16 bits per heavy atom. The van der Waals surface area contributed by atoms with Gasteiger partial charge in [0.25, 0.3) is 0 Å². The molecular weight excluding hydrogens is 238 g/mol. The third-order valence-electron chi connectivity index (χ3n) is 3.28. The van der Waals surface area contributed by atoms with Crippen LogP contribution in [-0.2, 0) is 0 Å². The van der Waals surface area contributed by atoms with Crippen molar-refractivity contribution in [2.45, 2.75) is 45.6 Å². The maximum Gasteiger partial charge on any atom is 0.161 e. The zero-order valence-electron chi connectivity index (χ0n) is 12.5. The standard InChI is InChI=1S/C16H25NO2/c1-12(11-17-16(2,3)4)13-6-7-14-15(10-13)19-9-5-8-18-14/h6-7,10,12,17H,5,8-9,11H2,1-4H3. The average molecular weight is 263 g/mol. The van der Waals surface area contributed by atoms with Crippen LogP contribution in [0.3, 0.4) is 0 Å². The fraction of sp³-hybridized carbons (Fsp3) is 0.625. The van der Waals surface area contributed by atoms with Crippen LogP contribution in [0.4, 0.5) is 0 Å². The van der Waals surface area contributed by atoms with Crippen molar-refractivity contribution >= 4 is 0 Å². The molecule has 0 amide bonds. The molecule has 0 saturated heterocycles. The van der Waals surface area contributed by atoms with Crippen molar-refractivity contribution in [3.05, 3.63) is 23.8 Å². The first-order valence-electron chi connectivity index (χ1n) is 7.10. The highest BCUT2D eigenvalue weighted by molar-refractivity contribution is 5.44. The Hall–Kier alpha value is -1.22. The van der Waals surface area contributed by atoms with Crippen molar-refractivity contribution in [3.63, 3.8) is 0 Å². The Bertz CT molecular complexity index is 423. The summed E-state index contributed by atoms with van der Waals surface area (Å²) in [5.74, 6) is 2.21. The minimum Gasteiger partial charge on any atom is -0.490 e. The van der Waals surface area contributed by atoms with Gasteiger partial charge in [0.15, 0.2) is 11.5 Å². The molecule has 1 aliphatic rings. The Morgan fingerprint density at radius 3 is 2.53 bits per heavy atom. The first kappa shape index (κ1) is 14.2. The van der Waals surface area contributed by atoms with Crippen molar-refractivity contribution in [2.24, 2.45) is 0 Å². The molecule has 2 rings (SSSR count). The number of fused-ring (bicyclic) bond motifs is 1. The van der Waals surface area contributed by atoms with Crippen LogP contribution in [0.15, 0.2) is 18.2 Å². The number of hydrogen-bond donors (Lipinski definition) is 1. The summed E-state index contributed by atoms with van der Waals surface area (Å²) in [7, 11) is 0. The molecule has 19 heavy (non-hydrogen) atoms. The predicted octanol–water partition coefficient (Wildman–Crippen LogP) is 3.34. The van der Waals surface area contributed by atoms with Gasteiger partial charge in [0.05, 0.1) is 13.2 Å². The summed E-state index contributed by atoms with van der Waals surface area (Å²) in [5, 5.41) is 3.54. The van der Waals surface area contributed by atoms with Gasteiger partial charge in [-0.05, 0) is 44.4 Å². The highest BCUT2D eigenvalue weighted by Crippen LogP contribution is 2.32. The molecule has 106 valence electrons. The van der Waals surface area contributed by atoms with Crippen LogP contribution in [-0.4, -0.2) is 25.3 Å². The fourth-order valence-corrected chi connectivity index (χ4v) is 2.06. The van der Waals surface area contributed by atoms with Gasteiger partial charge in [0, 0.05) is 18.5 Å². The molecule has 3 heteroatoms. The summed E-state index contributed by atoms with van der Waals surface area (Å²) in [6.07, 6.45) is 0.950. The van der Waals surface area contributed by atoms with E-state index in [9.17, 15) is 0 Å². The van der Waals surface area contributed by atoms with E-state index in [1.165, 1.54) is 5.56 Å². The average Bonchev–Trinajstić information content (AvgIpc) is 2.59. The number of nitrogens with one attached hydrogen (secondary N) is 1. The predicted molar refractivity (Wildman–Crippen MR) is 78.2 cm³/mol. The van der Waals surface area contributed by atoms with Crippen LogP contribution in [0.5, 0.6) is 11.5 Å². The molecule has 1 unspecified atom stereocenters. The summed E-state index contributed by atoms with van der Waals surface area (Å²) >= 11 is 0. The van der Waals surface area contributed by atoms with Crippen molar-refractivity contribution in [1.29, 1.82) is 0 Å². The number of benzene rings is 1. The SMILES string of the molecule is CC(CNC(C)(C)C)c1ccc2c(c1)OCCCO2. The quantitative estimate of drug-likeness (QED) is 0.907. The van der Waals surface area contributed by atoms with Crippen molar-refractivity contribution in [2.75, 3.05) is 19.8 Å². The summed E-state index contributed by atoms with van der Waals surface area (Å²) < 4.78 is 11.4. The van der Waals surface area contributed by atoms with Crippen LogP contribution >= 0.6 is 0 Å².